The molecule has 0 fully saturated rings. The summed E-state index contributed by atoms with van der Waals surface area (Å²) in [5.74, 6) is 2.12. The Hall–Kier alpha value is -1.98. The summed E-state index contributed by atoms with van der Waals surface area (Å²) >= 11 is 7.40. The van der Waals surface area contributed by atoms with Crippen molar-refractivity contribution < 1.29 is 9.15 Å². The molecule has 0 atom stereocenters. The number of rotatable bonds is 8. The molecule has 0 bridgehead atoms. The Labute approximate surface area is 150 Å². The van der Waals surface area contributed by atoms with Crippen molar-refractivity contribution in [1.29, 1.82) is 0 Å². The summed E-state index contributed by atoms with van der Waals surface area (Å²) in [6.45, 7) is 0.249. The first kappa shape index (κ1) is 16.9. The molecule has 0 aliphatic rings. The van der Waals surface area contributed by atoms with E-state index in [0.717, 1.165) is 24.3 Å². The van der Waals surface area contributed by atoms with Crippen molar-refractivity contribution in [2.75, 3.05) is 5.75 Å². The highest BCUT2D eigenvalue weighted by Gasteiger charge is 2.07. The Bertz CT molecular complexity index is 747. The molecule has 3 aromatic rings. The van der Waals surface area contributed by atoms with Crippen LogP contribution < -0.4 is 4.74 Å². The summed E-state index contributed by atoms with van der Waals surface area (Å²) in [7, 11) is 0. The zero-order chi connectivity index (χ0) is 16.6. The van der Waals surface area contributed by atoms with Crippen LogP contribution >= 0.6 is 23.4 Å². The van der Waals surface area contributed by atoms with E-state index < -0.39 is 0 Å². The number of hydrogen-bond donors (Lipinski definition) is 0. The van der Waals surface area contributed by atoms with Gasteiger partial charge in [-0.05, 0) is 42.7 Å². The number of thioether (sulfide) groups is 1. The van der Waals surface area contributed by atoms with Gasteiger partial charge < -0.3 is 9.15 Å². The van der Waals surface area contributed by atoms with Crippen molar-refractivity contribution in [3.05, 3.63) is 71.1 Å². The third-order valence-electron chi connectivity index (χ3n) is 3.30. The lowest BCUT2D eigenvalue weighted by molar-refractivity contribution is 0.252. The monoisotopic (exact) mass is 360 g/mol. The topological polar surface area (TPSA) is 48.2 Å². The van der Waals surface area contributed by atoms with Crippen molar-refractivity contribution in [3.63, 3.8) is 0 Å². The van der Waals surface area contributed by atoms with Crippen LogP contribution in [-0.2, 0) is 13.0 Å². The molecule has 2 aromatic carbocycles. The van der Waals surface area contributed by atoms with E-state index in [4.69, 9.17) is 20.8 Å². The SMILES string of the molecule is Clc1ccc(OCc2nnc(SCCCc3ccccc3)o2)cc1. The van der Waals surface area contributed by atoms with Crippen molar-refractivity contribution >= 4 is 23.4 Å². The lowest BCUT2D eigenvalue weighted by atomic mass is 10.1. The number of halogens is 1. The fourth-order valence-corrected chi connectivity index (χ4v) is 2.95. The van der Waals surface area contributed by atoms with Gasteiger partial charge in [-0.2, -0.15) is 0 Å². The minimum Gasteiger partial charge on any atom is -0.484 e. The second kappa shape index (κ2) is 8.76. The minimum absolute atomic E-state index is 0.249. The Morgan fingerprint density at radius 2 is 1.79 bits per heavy atom. The highest BCUT2D eigenvalue weighted by Crippen LogP contribution is 2.20. The predicted molar refractivity (Wildman–Crippen MR) is 95.6 cm³/mol. The second-order valence-corrected chi connectivity index (χ2v) is 6.62. The van der Waals surface area contributed by atoms with E-state index in [1.165, 1.54) is 5.56 Å². The van der Waals surface area contributed by atoms with Crippen LogP contribution in [0.5, 0.6) is 5.75 Å². The average Bonchev–Trinajstić information content (AvgIpc) is 3.07. The molecule has 0 saturated heterocycles. The first-order chi connectivity index (χ1) is 11.8. The van der Waals surface area contributed by atoms with Crippen LogP contribution in [0.3, 0.4) is 0 Å². The Morgan fingerprint density at radius 3 is 2.58 bits per heavy atom. The van der Waals surface area contributed by atoms with Crippen molar-refractivity contribution in [1.82, 2.24) is 10.2 Å². The molecule has 0 amide bonds. The maximum atomic E-state index is 5.83. The highest BCUT2D eigenvalue weighted by molar-refractivity contribution is 7.99. The van der Waals surface area contributed by atoms with Crippen LogP contribution in [0.4, 0.5) is 0 Å². The molecule has 0 aliphatic carbocycles. The van der Waals surface area contributed by atoms with Gasteiger partial charge in [0.05, 0.1) is 0 Å². The van der Waals surface area contributed by atoms with E-state index in [2.05, 4.69) is 34.5 Å². The van der Waals surface area contributed by atoms with Gasteiger partial charge >= 0.3 is 0 Å². The Kier molecular flexibility index (Phi) is 6.15. The molecule has 1 aromatic heterocycles. The van der Waals surface area contributed by atoms with Gasteiger partial charge in [-0.15, -0.1) is 10.2 Å². The molecule has 0 radical (unpaired) electrons. The molecule has 0 aliphatic heterocycles. The maximum Gasteiger partial charge on any atom is 0.276 e. The summed E-state index contributed by atoms with van der Waals surface area (Å²) in [4.78, 5) is 0. The summed E-state index contributed by atoms with van der Waals surface area (Å²) in [6.07, 6.45) is 2.11. The van der Waals surface area contributed by atoms with Gasteiger partial charge in [0.15, 0.2) is 6.61 Å². The quantitative estimate of drug-likeness (QED) is 0.416. The first-order valence-electron chi connectivity index (χ1n) is 7.67. The fraction of sp³-hybridized carbons (Fsp3) is 0.222. The number of aromatic nitrogens is 2. The average molecular weight is 361 g/mol. The van der Waals surface area contributed by atoms with E-state index >= 15 is 0 Å². The van der Waals surface area contributed by atoms with Gasteiger partial charge in [0.2, 0.25) is 0 Å². The van der Waals surface area contributed by atoms with E-state index in [1.54, 1.807) is 36.0 Å². The van der Waals surface area contributed by atoms with Gasteiger partial charge in [-0.3, -0.25) is 0 Å². The molecular formula is C18H17ClN2O2S. The molecule has 0 N–H and O–H groups in total. The van der Waals surface area contributed by atoms with Crippen molar-refractivity contribution in [2.45, 2.75) is 24.7 Å². The minimum atomic E-state index is 0.249. The number of nitrogens with zero attached hydrogens (tertiary/aromatic N) is 2. The second-order valence-electron chi connectivity index (χ2n) is 5.14. The zero-order valence-electron chi connectivity index (χ0n) is 13.0. The number of aryl methyl sites for hydroxylation is 1. The van der Waals surface area contributed by atoms with Gasteiger partial charge in [0.25, 0.3) is 11.1 Å². The van der Waals surface area contributed by atoms with Crippen LogP contribution in [0, 0.1) is 0 Å². The molecule has 4 nitrogen and oxygen atoms in total. The maximum absolute atomic E-state index is 5.83. The van der Waals surface area contributed by atoms with Crippen LogP contribution in [0.25, 0.3) is 0 Å². The van der Waals surface area contributed by atoms with Gasteiger partial charge in [0, 0.05) is 10.8 Å². The Morgan fingerprint density at radius 1 is 1.00 bits per heavy atom. The molecular weight excluding hydrogens is 344 g/mol. The number of benzene rings is 2. The normalized spacial score (nSPS) is 10.7. The smallest absolute Gasteiger partial charge is 0.276 e. The predicted octanol–water partition coefficient (Wildman–Crippen LogP) is 5.03. The Balaban J connectivity index is 1.39. The third-order valence-corrected chi connectivity index (χ3v) is 4.46. The zero-order valence-corrected chi connectivity index (χ0v) is 14.6. The van der Waals surface area contributed by atoms with Crippen molar-refractivity contribution in [3.8, 4) is 5.75 Å². The van der Waals surface area contributed by atoms with E-state index in [9.17, 15) is 0 Å². The summed E-state index contributed by atoms with van der Waals surface area (Å²) < 4.78 is 11.2. The highest BCUT2D eigenvalue weighted by atomic mass is 35.5. The molecule has 0 saturated carbocycles. The van der Waals surface area contributed by atoms with Crippen molar-refractivity contribution in [2.24, 2.45) is 0 Å². The third kappa shape index (κ3) is 5.28. The number of hydrogen-bond acceptors (Lipinski definition) is 5. The molecule has 124 valence electrons. The van der Waals surface area contributed by atoms with Crippen LogP contribution in [0.15, 0.2) is 64.2 Å². The summed E-state index contributed by atoms with van der Waals surface area (Å²) in [5, 5.41) is 9.29. The molecule has 0 unspecified atom stereocenters. The lowest BCUT2D eigenvalue weighted by Gasteiger charge is -2.02. The van der Waals surface area contributed by atoms with Crippen LogP contribution in [-0.4, -0.2) is 16.0 Å². The largest absolute Gasteiger partial charge is 0.484 e. The molecule has 24 heavy (non-hydrogen) atoms. The molecule has 3 rings (SSSR count). The summed E-state index contributed by atoms with van der Waals surface area (Å²) in [5.41, 5.74) is 1.35. The first-order valence-corrected chi connectivity index (χ1v) is 9.03. The standard InChI is InChI=1S/C18H17ClN2O2S/c19-15-8-10-16(11-9-15)22-13-17-20-21-18(23-17)24-12-4-7-14-5-2-1-3-6-14/h1-3,5-6,8-11H,4,7,12-13H2. The van der Waals surface area contributed by atoms with Gasteiger partial charge in [-0.1, -0.05) is 53.7 Å². The number of ether oxygens (including phenoxy) is 1. The lowest BCUT2D eigenvalue weighted by Crippen LogP contribution is -1.95. The van der Waals surface area contributed by atoms with Crippen LogP contribution in [0.1, 0.15) is 17.9 Å². The van der Waals surface area contributed by atoms with E-state index in [-0.39, 0.29) is 6.61 Å². The van der Waals surface area contributed by atoms with E-state index in [0.29, 0.717) is 16.1 Å². The van der Waals surface area contributed by atoms with E-state index in [1.807, 2.05) is 6.07 Å². The van der Waals surface area contributed by atoms with Crippen LogP contribution in [0.2, 0.25) is 5.02 Å². The molecule has 1 heterocycles. The molecule has 0 spiro atoms. The fourth-order valence-electron chi connectivity index (χ4n) is 2.11. The summed E-state index contributed by atoms with van der Waals surface area (Å²) in [6, 6.07) is 17.6. The van der Waals surface area contributed by atoms with Gasteiger partial charge in [0.1, 0.15) is 5.75 Å². The molecule has 6 heteroatoms. The van der Waals surface area contributed by atoms with Gasteiger partial charge in [-0.25, -0.2) is 0 Å².